The number of aromatic amines is 2. The molecule has 724 valence electrons. The monoisotopic (exact) mass is 2200 g/mol. The van der Waals surface area contributed by atoms with E-state index in [1.54, 1.807) is 65.5 Å². The zero-order valence-corrected chi connectivity index (χ0v) is 87.5. The average molecular weight is 2200 g/mol. The summed E-state index contributed by atoms with van der Waals surface area (Å²) in [7, 11) is -7.28. The number of imidazole rings is 2. The van der Waals surface area contributed by atoms with Crippen molar-refractivity contribution >= 4 is 285 Å². The lowest BCUT2D eigenvalue weighted by Gasteiger charge is -1.99. The molecule has 0 unspecified atom stereocenters. The van der Waals surface area contributed by atoms with E-state index in [4.69, 9.17) is 44.6 Å². The minimum absolute atomic E-state index is 0.0251. The molecule has 4 aromatic carbocycles. The van der Waals surface area contributed by atoms with Gasteiger partial charge in [-0.05, 0) is 111 Å². The summed E-state index contributed by atoms with van der Waals surface area (Å²) in [6.45, 7) is 52.4. The number of H-pyrrole nitrogens is 2. The van der Waals surface area contributed by atoms with Crippen LogP contribution in [-0.4, -0.2) is 141 Å². The van der Waals surface area contributed by atoms with E-state index in [0.29, 0.717) is 147 Å². The lowest BCUT2D eigenvalue weighted by molar-refractivity contribution is -0.114. The number of hydrogen-bond acceptors (Lipinski definition) is 47. The number of anilines is 3. The maximum Gasteiger partial charge on any atom is 0.535 e. The van der Waals surface area contributed by atoms with E-state index in [-0.39, 0.29) is 47.5 Å². The first-order valence-electron chi connectivity index (χ1n) is 39.2. The van der Waals surface area contributed by atoms with E-state index >= 15 is 0 Å². The number of nitrogens with two attached hydrogens (primary N) is 1. The summed E-state index contributed by atoms with van der Waals surface area (Å²) in [4.78, 5) is 93.4. The number of carbonyl (C=O) groups is 1. The molecule has 0 saturated heterocycles. The molecule has 17 aromatic rings. The lowest BCUT2D eigenvalue weighted by Crippen LogP contribution is -2.11. The molecular formula is C79H64N40O9S15. The highest BCUT2D eigenvalue weighted by molar-refractivity contribution is 7.98. The quantitative estimate of drug-likeness (QED) is 0.0134. The first-order chi connectivity index (χ1) is 68.4. The molecule has 0 bridgehead atoms. The molecule has 1 amide bonds. The summed E-state index contributed by atoms with van der Waals surface area (Å²) < 4.78 is 101. The van der Waals surface area contributed by atoms with E-state index in [9.17, 15) is 39.6 Å². The highest BCUT2D eigenvalue weighted by atomic mass is 32.2. The van der Waals surface area contributed by atoms with Gasteiger partial charge in [-0.25, -0.2) is 134 Å². The third kappa shape index (κ3) is 28.6. The number of hydrogen-bond donors (Lipinski definition) is 6. The van der Waals surface area contributed by atoms with Crippen LogP contribution in [0.2, 0.25) is 0 Å². The van der Waals surface area contributed by atoms with Crippen molar-refractivity contribution in [2.24, 2.45) is 80.6 Å². The molecule has 49 nitrogen and oxygen atoms in total. The Kier molecular flexibility index (Phi) is 36.4. The first-order valence-corrected chi connectivity index (χ1v) is 54.9. The summed E-state index contributed by atoms with van der Waals surface area (Å²) >= 11 is 13.7. The molecule has 0 radical (unpaired) electrons. The predicted molar refractivity (Wildman–Crippen MR) is 555 cm³/mol. The zero-order valence-electron chi connectivity index (χ0n) is 75.2. The van der Waals surface area contributed by atoms with E-state index in [2.05, 4.69) is 181 Å². The summed E-state index contributed by atoms with van der Waals surface area (Å²) in [6.07, 6.45) is 5.52. The minimum Gasteiger partial charge on any atom is -0.310 e. The van der Waals surface area contributed by atoms with Crippen LogP contribution >= 0.6 is 138 Å². The molecule has 13 heterocycles. The maximum absolute atomic E-state index is 11.8. The topological polar surface area (TPSA) is 612 Å². The minimum atomic E-state index is -3.84. The molecule has 143 heavy (non-hydrogen) atoms. The molecule has 0 fully saturated rings. The van der Waals surface area contributed by atoms with E-state index in [1.165, 1.54) is 58.7 Å². The van der Waals surface area contributed by atoms with Gasteiger partial charge in [-0.2, -0.15) is 22.5 Å². The van der Waals surface area contributed by atoms with Crippen LogP contribution in [0.3, 0.4) is 0 Å². The van der Waals surface area contributed by atoms with Gasteiger partial charge in [0.15, 0.2) is 78.5 Å². The molecule has 0 aliphatic rings. The fraction of sp³-hybridized carbons (Fsp3) is 0.177. The number of thiazole rings is 4. The Balaban J connectivity index is 0.000000153. The van der Waals surface area contributed by atoms with E-state index in [1.807, 2.05) is 104 Å². The number of primary sulfonamides is 1. The molecule has 0 aliphatic heterocycles. The number of rotatable bonds is 25. The van der Waals surface area contributed by atoms with Crippen molar-refractivity contribution < 1.29 is 30.0 Å². The van der Waals surface area contributed by atoms with Crippen LogP contribution in [0.15, 0.2) is 202 Å². The van der Waals surface area contributed by atoms with Crippen LogP contribution in [0.1, 0.15) is 58.7 Å². The van der Waals surface area contributed by atoms with Gasteiger partial charge >= 0.3 is 22.9 Å². The van der Waals surface area contributed by atoms with Gasteiger partial charge in [0.05, 0.1) is 75.6 Å². The number of nitrogens with zero attached hydrogens (tertiary/aromatic N) is 34. The van der Waals surface area contributed by atoms with E-state index in [0.717, 1.165) is 138 Å². The van der Waals surface area contributed by atoms with Crippen LogP contribution in [-0.2, 0) is 49.0 Å². The number of fused-ring (bicyclic) bond motifs is 2. The predicted octanol–water partition coefficient (Wildman–Crippen LogP) is 23.2. The number of benzene rings is 4. The maximum atomic E-state index is 11.8. The number of thioether (sulfide) groups is 2. The Hall–Kier alpha value is -15.2. The third-order valence-corrected chi connectivity index (χ3v) is 28.9. The van der Waals surface area contributed by atoms with Crippen LogP contribution in [0, 0.1) is 74.1 Å². The summed E-state index contributed by atoms with van der Waals surface area (Å²) in [5.41, 5.74) is 8.23. The first kappa shape index (κ1) is 107. The van der Waals surface area contributed by atoms with Gasteiger partial charge in [-0.15, -0.1) is 61.4 Å². The van der Waals surface area contributed by atoms with Crippen molar-refractivity contribution in [2.45, 2.75) is 69.1 Å². The van der Waals surface area contributed by atoms with E-state index < -0.39 is 42.4 Å². The summed E-state index contributed by atoms with van der Waals surface area (Å²) in [5, 5.41) is 64.6. The van der Waals surface area contributed by atoms with Gasteiger partial charge in [0, 0.05) is 72.4 Å². The van der Waals surface area contributed by atoms with Crippen molar-refractivity contribution in [1.82, 2.24) is 85.2 Å². The molecular weight excluding hydrogens is 2130 g/mol. The van der Waals surface area contributed by atoms with Crippen molar-refractivity contribution in [1.29, 1.82) is 0 Å². The highest BCUT2D eigenvalue weighted by Crippen LogP contribution is 2.46. The second kappa shape index (κ2) is 48.8. The van der Waals surface area contributed by atoms with Gasteiger partial charge in [0.2, 0.25) is 62.8 Å². The highest BCUT2D eigenvalue weighted by Gasteiger charge is 2.31. The Morgan fingerprint density at radius 1 is 0.476 bits per heavy atom. The lowest BCUT2D eigenvalue weighted by atomic mass is 10.1. The Labute approximate surface area is 859 Å². The number of nitrogens with one attached hydrogen (secondary N) is 5. The Bertz CT molecular complexity index is 8500. The van der Waals surface area contributed by atoms with Gasteiger partial charge < -0.3 is 19.9 Å². The Morgan fingerprint density at radius 3 is 1.57 bits per heavy atom. The molecule has 0 aliphatic carbocycles. The number of sulfonamides is 3. The van der Waals surface area contributed by atoms with Crippen LogP contribution in [0.4, 0.5) is 89.4 Å². The van der Waals surface area contributed by atoms with Crippen molar-refractivity contribution in [3.8, 4) is 33.8 Å². The number of azo groups is 6. The largest absolute Gasteiger partial charge is 0.535 e. The normalized spacial score (nSPS) is 11.5. The zero-order chi connectivity index (χ0) is 103. The SMILES string of the molecule is CSc1nsc(N=Nc2sc(NS(C)(=O)=O)nc2-c2ccccc2)n1.Cc1nsc(N=Nc2c(-c3ccccc3)[nH]c(=O)n2C)n1.NS(=O)(=O)c1ccc2nsc(N=Nc3sc(=O)[nH]c3-c3ccccc3)c2c1.[C-]#[N+]C([N+]#[C-])c1nc(C)c(N=Nc2snc3nc(SC)ncc23)n1C.[C-]#[N+]c1c(C)nsc1N=Nc1sc(C([N+]#[C-])[N+]#[C-])nc1NC(C)=O.[C-]#[N+]c1c(C)nsc1N=Nc1sc(NS(C)(=O)=O)nc1C. The molecule has 0 spiro atoms. The van der Waals surface area contributed by atoms with Gasteiger partial charge in [0.1, 0.15) is 11.5 Å². The number of aromatic nitrogens is 18. The number of aryl methyl sites for hydroxylation is 5. The number of amides is 1. The molecule has 13 aromatic heterocycles. The fourth-order valence-electron chi connectivity index (χ4n) is 11.1. The molecule has 64 heteroatoms. The fourth-order valence-corrected chi connectivity index (χ4v) is 20.9. The second-order valence-corrected chi connectivity index (χ2v) is 42.6. The second-order valence-electron chi connectivity index (χ2n) is 27.6. The van der Waals surface area contributed by atoms with Crippen molar-refractivity contribution in [2.75, 3.05) is 39.8 Å². The summed E-state index contributed by atoms with van der Waals surface area (Å²) in [6, 6.07) is 32.6. The standard InChI is InChI=1S/C16H11N5O3S3.C14H11N9S2.C13H8N8OS2.C13H12N6O2S4.C13H12N6OS.C10H10N6O2S3/c17-27(23,24)10-6-7-12-11(8-10)14(26-21-12)19-20-15-13(18-16(22)25-15)9-4-2-1-3-5-9;1-7-11(23(4)12(18-7)10(15-2)16-3)20-21-13-8-6-17-14(24-5)19-9(8)22-25-13;1-6-8(14-3)11(24-21-6)19-20-13-10(17-7(2)22)18-12(23-13)9(15-4)16-5;1-22-12-15-11(24-18-12)17-16-10-9(8-6-4-3-5-7-8)14-13(23-10)19-25(2,20)21;1-8-14-12(21-18-8)17-16-11-10(15-13(20)19(11)2)9-6-4-3-5-7-9;1-5-7(11-3)9(20-15-5)14-13-8-6(2)12-10(19-8)16-21(4,17)18/h1-8H,(H,18,22)(H2,17,23,24);6,10H,1,4-5H3;9H,1-2H3,(H,17,22);3-7H,1-2H3,(H,14,19);3-7H,1-2H3,(H,15,20);1-2,4H3,(H,12,16). The van der Waals surface area contributed by atoms with Crippen LogP contribution < -0.4 is 30.5 Å². The molecule has 0 atom stereocenters. The number of carbonyl (C=O) groups excluding carboxylic acids is 1. The molecule has 17 rings (SSSR count). The smallest absolute Gasteiger partial charge is 0.310 e. The molecule has 7 N–H and O–H groups in total. The molecule has 0 saturated carbocycles. The van der Waals surface area contributed by atoms with Crippen LogP contribution in [0.5, 0.6) is 0 Å². The summed E-state index contributed by atoms with van der Waals surface area (Å²) in [5.74, 6) is 1.74. The van der Waals surface area contributed by atoms with Gasteiger partial charge in [-0.1, -0.05) is 160 Å². The van der Waals surface area contributed by atoms with Crippen molar-refractivity contribution in [3.63, 3.8) is 0 Å². The average Bonchev–Trinajstić information content (AvgIpc) is 1.67. The van der Waals surface area contributed by atoms with Gasteiger partial charge in [0.25, 0.3) is 10.8 Å². The Morgan fingerprint density at radius 2 is 0.993 bits per heavy atom. The van der Waals surface area contributed by atoms with Gasteiger partial charge in [-0.3, -0.25) is 23.6 Å². The van der Waals surface area contributed by atoms with Crippen molar-refractivity contribution in [3.05, 3.63) is 243 Å². The third-order valence-electron chi connectivity index (χ3n) is 17.4. The van der Waals surface area contributed by atoms with Crippen LogP contribution in [0.25, 0.3) is 84.8 Å².